The summed E-state index contributed by atoms with van der Waals surface area (Å²) >= 11 is 0. The summed E-state index contributed by atoms with van der Waals surface area (Å²) < 4.78 is 10.4. The number of nitrogens with zero attached hydrogens (tertiary/aromatic N) is 2. The van der Waals surface area contributed by atoms with Crippen molar-refractivity contribution >= 4 is 0 Å². The van der Waals surface area contributed by atoms with Crippen molar-refractivity contribution in [3.05, 3.63) is 47.1 Å². The monoisotopic (exact) mass is 261 g/mol. The first-order valence-corrected chi connectivity index (χ1v) is 6.40. The molecule has 2 N–H and O–H groups in total. The molecule has 0 bridgehead atoms. The molecule has 2 rings (SSSR count). The van der Waals surface area contributed by atoms with Crippen LogP contribution in [0, 0.1) is 6.92 Å². The molecule has 0 radical (unpaired) electrons. The Hall–Kier alpha value is -1.72. The second-order valence-corrected chi connectivity index (χ2v) is 4.47. The molecule has 102 valence electrons. The van der Waals surface area contributed by atoms with Crippen LogP contribution in [-0.2, 0) is 11.2 Å². The summed E-state index contributed by atoms with van der Waals surface area (Å²) in [5.74, 6) is 1.07. The SMILES string of the molecule is CCOCC(N)c1noc(Cc2ccc(C)cc2)n1. The van der Waals surface area contributed by atoms with Gasteiger partial charge in [0.1, 0.15) is 0 Å². The minimum absolute atomic E-state index is 0.338. The Morgan fingerprint density at radius 2 is 2.05 bits per heavy atom. The van der Waals surface area contributed by atoms with E-state index in [0.717, 1.165) is 5.56 Å². The van der Waals surface area contributed by atoms with Gasteiger partial charge in [-0.3, -0.25) is 0 Å². The van der Waals surface area contributed by atoms with E-state index in [1.54, 1.807) is 0 Å². The normalized spacial score (nSPS) is 12.6. The number of benzene rings is 1. The van der Waals surface area contributed by atoms with Gasteiger partial charge in [0.05, 0.1) is 19.1 Å². The summed E-state index contributed by atoms with van der Waals surface area (Å²) in [5.41, 5.74) is 8.27. The fraction of sp³-hybridized carbons (Fsp3) is 0.429. The highest BCUT2D eigenvalue weighted by Crippen LogP contribution is 2.12. The predicted octanol–water partition coefficient (Wildman–Crippen LogP) is 2.01. The first kappa shape index (κ1) is 13.7. The van der Waals surface area contributed by atoms with Crippen molar-refractivity contribution in [2.75, 3.05) is 13.2 Å². The quantitative estimate of drug-likeness (QED) is 0.861. The zero-order chi connectivity index (χ0) is 13.7. The predicted molar refractivity (Wildman–Crippen MR) is 71.7 cm³/mol. The molecule has 0 aliphatic carbocycles. The van der Waals surface area contributed by atoms with Crippen LogP contribution < -0.4 is 5.73 Å². The number of hydrogen-bond acceptors (Lipinski definition) is 5. The van der Waals surface area contributed by atoms with Crippen LogP contribution in [0.1, 0.15) is 35.8 Å². The number of rotatable bonds is 6. The van der Waals surface area contributed by atoms with Gasteiger partial charge in [-0.05, 0) is 19.4 Å². The molecule has 2 aromatic rings. The van der Waals surface area contributed by atoms with E-state index in [9.17, 15) is 0 Å². The number of nitrogens with two attached hydrogens (primary N) is 1. The Bertz CT molecular complexity index is 508. The minimum atomic E-state index is -0.338. The van der Waals surface area contributed by atoms with Gasteiger partial charge in [0.15, 0.2) is 5.82 Å². The zero-order valence-corrected chi connectivity index (χ0v) is 11.3. The van der Waals surface area contributed by atoms with Gasteiger partial charge in [-0.15, -0.1) is 0 Å². The molecule has 0 amide bonds. The van der Waals surface area contributed by atoms with E-state index >= 15 is 0 Å². The lowest BCUT2D eigenvalue weighted by atomic mass is 10.1. The van der Waals surface area contributed by atoms with Crippen LogP contribution in [0.5, 0.6) is 0 Å². The molecule has 1 heterocycles. The van der Waals surface area contributed by atoms with Crippen molar-refractivity contribution in [3.8, 4) is 0 Å². The van der Waals surface area contributed by atoms with Gasteiger partial charge >= 0.3 is 0 Å². The van der Waals surface area contributed by atoms with Crippen LogP contribution in [0.2, 0.25) is 0 Å². The third-order valence-corrected chi connectivity index (χ3v) is 2.79. The van der Waals surface area contributed by atoms with Crippen molar-refractivity contribution in [1.29, 1.82) is 0 Å². The van der Waals surface area contributed by atoms with E-state index in [1.807, 2.05) is 6.92 Å². The molecule has 19 heavy (non-hydrogen) atoms. The van der Waals surface area contributed by atoms with Crippen molar-refractivity contribution in [3.63, 3.8) is 0 Å². The summed E-state index contributed by atoms with van der Waals surface area (Å²) in [6.45, 7) is 5.01. The van der Waals surface area contributed by atoms with Gasteiger partial charge in [-0.1, -0.05) is 35.0 Å². The summed E-state index contributed by atoms with van der Waals surface area (Å²) in [6, 6.07) is 7.90. The minimum Gasteiger partial charge on any atom is -0.380 e. The molecular weight excluding hydrogens is 242 g/mol. The average molecular weight is 261 g/mol. The second kappa shape index (κ2) is 6.45. The Kier molecular flexibility index (Phi) is 4.65. The van der Waals surface area contributed by atoms with E-state index in [4.69, 9.17) is 15.0 Å². The van der Waals surface area contributed by atoms with E-state index < -0.39 is 0 Å². The van der Waals surface area contributed by atoms with E-state index in [1.165, 1.54) is 5.56 Å². The maximum Gasteiger partial charge on any atom is 0.231 e. The molecule has 1 aromatic carbocycles. The lowest BCUT2D eigenvalue weighted by Crippen LogP contribution is -2.18. The second-order valence-electron chi connectivity index (χ2n) is 4.47. The molecule has 5 heteroatoms. The molecule has 0 saturated heterocycles. The highest BCUT2D eigenvalue weighted by molar-refractivity contribution is 5.23. The van der Waals surface area contributed by atoms with Crippen LogP contribution >= 0.6 is 0 Å². The van der Waals surface area contributed by atoms with Crippen LogP contribution in [0.15, 0.2) is 28.8 Å². The van der Waals surface area contributed by atoms with Gasteiger partial charge in [-0.25, -0.2) is 0 Å². The number of hydrogen-bond donors (Lipinski definition) is 1. The molecule has 0 spiro atoms. The first-order chi connectivity index (χ1) is 9.19. The van der Waals surface area contributed by atoms with Crippen LogP contribution in [0.4, 0.5) is 0 Å². The Labute approximate surface area is 112 Å². The van der Waals surface area contributed by atoms with E-state index in [2.05, 4.69) is 41.3 Å². The topological polar surface area (TPSA) is 74.2 Å². The summed E-state index contributed by atoms with van der Waals surface area (Å²) in [6.07, 6.45) is 0.620. The highest BCUT2D eigenvalue weighted by Gasteiger charge is 2.14. The lowest BCUT2D eigenvalue weighted by Gasteiger charge is -2.05. The van der Waals surface area contributed by atoms with Crippen molar-refractivity contribution in [1.82, 2.24) is 10.1 Å². The van der Waals surface area contributed by atoms with Crippen molar-refractivity contribution in [2.45, 2.75) is 26.3 Å². The van der Waals surface area contributed by atoms with E-state index in [-0.39, 0.29) is 6.04 Å². The first-order valence-electron chi connectivity index (χ1n) is 6.40. The Morgan fingerprint density at radius 1 is 1.32 bits per heavy atom. The fourth-order valence-electron chi connectivity index (χ4n) is 1.69. The Morgan fingerprint density at radius 3 is 2.74 bits per heavy atom. The maximum absolute atomic E-state index is 5.90. The van der Waals surface area contributed by atoms with Crippen LogP contribution in [0.25, 0.3) is 0 Å². The highest BCUT2D eigenvalue weighted by atomic mass is 16.5. The number of ether oxygens (including phenoxy) is 1. The van der Waals surface area contributed by atoms with Gasteiger partial charge in [0.25, 0.3) is 0 Å². The number of aromatic nitrogens is 2. The molecule has 1 aromatic heterocycles. The van der Waals surface area contributed by atoms with Crippen molar-refractivity contribution < 1.29 is 9.26 Å². The Balaban J connectivity index is 1.98. The van der Waals surface area contributed by atoms with Gasteiger partial charge in [-0.2, -0.15) is 4.98 Å². The molecule has 0 aliphatic rings. The third kappa shape index (κ3) is 3.87. The fourth-order valence-corrected chi connectivity index (χ4v) is 1.69. The lowest BCUT2D eigenvalue weighted by molar-refractivity contribution is 0.130. The van der Waals surface area contributed by atoms with Crippen LogP contribution in [-0.4, -0.2) is 23.4 Å². The molecular formula is C14H19N3O2. The average Bonchev–Trinajstić information content (AvgIpc) is 2.87. The molecule has 0 aliphatic heterocycles. The molecule has 1 atom stereocenters. The largest absolute Gasteiger partial charge is 0.380 e. The van der Waals surface area contributed by atoms with E-state index in [0.29, 0.717) is 31.3 Å². The maximum atomic E-state index is 5.90. The summed E-state index contributed by atoms with van der Waals surface area (Å²) in [7, 11) is 0. The molecule has 0 fully saturated rings. The molecule has 0 saturated carbocycles. The zero-order valence-electron chi connectivity index (χ0n) is 11.3. The third-order valence-electron chi connectivity index (χ3n) is 2.79. The standard InChI is InChI=1S/C14H19N3O2/c1-3-18-9-12(15)14-16-13(19-17-14)8-11-6-4-10(2)5-7-11/h4-7,12H,3,8-9,15H2,1-2H3. The summed E-state index contributed by atoms with van der Waals surface area (Å²) in [4.78, 5) is 4.30. The number of aryl methyl sites for hydroxylation is 1. The van der Waals surface area contributed by atoms with Gasteiger partial charge in [0.2, 0.25) is 5.89 Å². The summed E-state index contributed by atoms with van der Waals surface area (Å²) in [5, 5.41) is 3.89. The van der Waals surface area contributed by atoms with Crippen molar-refractivity contribution in [2.24, 2.45) is 5.73 Å². The molecule has 1 unspecified atom stereocenters. The smallest absolute Gasteiger partial charge is 0.231 e. The molecule has 5 nitrogen and oxygen atoms in total. The van der Waals surface area contributed by atoms with Gasteiger partial charge < -0.3 is 15.0 Å². The van der Waals surface area contributed by atoms with Crippen LogP contribution in [0.3, 0.4) is 0 Å². The van der Waals surface area contributed by atoms with Gasteiger partial charge in [0, 0.05) is 6.61 Å².